The number of aromatic nitrogens is 3. The molecule has 0 atom stereocenters. The Morgan fingerprint density at radius 1 is 0.689 bits per heavy atom. The molecule has 3 heterocycles. The molecular formula is C48H41N3O10. The topological polar surface area (TPSA) is 154 Å². The van der Waals surface area contributed by atoms with Gasteiger partial charge in [-0.3, -0.25) is 9.59 Å². The Labute approximate surface area is 349 Å². The lowest BCUT2D eigenvalue weighted by molar-refractivity contribution is 0.0600. The van der Waals surface area contributed by atoms with Crippen LogP contribution in [0.3, 0.4) is 0 Å². The van der Waals surface area contributed by atoms with E-state index in [9.17, 15) is 14.4 Å². The number of carbonyl (C=O) groups excluding carboxylic acids is 1. The molecule has 0 saturated carbocycles. The number of hydrogen-bond donors (Lipinski definition) is 0. The van der Waals surface area contributed by atoms with Gasteiger partial charge in [0.15, 0.2) is 11.2 Å². The minimum atomic E-state index is -0.463. The van der Waals surface area contributed by atoms with Crippen LogP contribution in [0.25, 0.3) is 44.6 Å². The fraction of sp³-hybridized carbons (Fsp3) is 0.188. The molecule has 308 valence electrons. The summed E-state index contributed by atoms with van der Waals surface area (Å²) >= 11 is 0. The molecular weight excluding hydrogens is 779 g/mol. The molecule has 8 aromatic rings. The molecule has 0 unspecified atom stereocenters. The van der Waals surface area contributed by atoms with E-state index in [-0.39, 0.29) is 29.0 Å². The van der Waals surface area contributed by atoms with Gasteiger partial charge in [0.25, 0.3) is 0 Å². The number of methoxy groups -OCH3 is 1. The third kappa shape index (κ3) is 9.86. The summed E-state index contributed by atoms with van der Waals surface area (Å²) in [5.41, 5.74) is 3.88. The van der Waals surface area contributed by atoms with E-state index in [0.29, 0.717) is 95.3 Å². The van der Waals surface area contributed by atoms with Crippen LogP contribution in [-0.2, 0) is 29.0 Å². The first kappa shape index (κ1) is 40.3. The van der Waals surface area contributed by atoms with Crippen molar-refractivity contribution in [2.75, 3.05) is 33.5 Å². The van der Waals surface area contributed by atoms with Gasteiger partial charge >= 0.3 is 5.97 Å². The van der Waals surface area contributed by atoms with E-state index in [4.69, 9.17) is 32.5 Å². The molecule has 0 aliphatic rings. The van der Waals surface area contributed by atoms with Crippen molar-refractivity contribution in [1.29, 1.82) is 0 Å². The van der Waals surface area contributed by atoms with Crippen LogP contribution in [0.1, 0.15) is 28.0 Å². The highest BCUT2D eigenvalue weighted by molar-refractivity contribution is 5.89. The number of hydrogen-bond acceptors (Lipinski definition) is 12. The first-order valence-electron chi connectivity index (χ1n) is 19.7. The van der Waals surface area contributed by atoms with Gasteiger partial charge in [-0.15, -0.1) is 5.10 Å². The summed E-state index contributed by atoms with van der Waals surface area (Å²) in [6.45, 7) is 2.13. The second kappa shape index (κ2) is 19.0. The van der Waals surface area contributed by atoms with Gasteiger partial charge < -0.3 is 32.5 Å². The summed E-state index contributed by atoms with van der Waals surface area (Å²) in [5, 5.41) is 9.39. The third-order valence-electron chi connectivity index (χ3n) is 9.76. The first-order chi connectivity index (χ1) is 29.9. The van der Waals surface area contributed by atoms with Gasteiger partial charge in [-0.1, -0.05) is 59.8 Å². The first-order valence-corrected chi connectivity index (χ1v) is 19.7. The molecule has 13 nitrogen and oxygen atoms in total. The Morgan fingerprint density at radius 2 is 1.49 bits per heavy atom. The highest BCUT2D eigenvalue weighted by Crippen LogP contribution is 2.33. The number of aryl methyl sites for hydroxylation is 1. The molecule has 8 rings (SSSR count). The normalized spacial score (nSPS) is 11.2. The molecule has 0 spiro atoms. The molecule has 0 amide bonds. The van der Waals surface area contributed by atoms with E-state index >= 15 is 0 Å². The minimum Gasteiger partial charge on any atom is -0.493 e. The molecule has 5 aromatic carbocycles. The Kier molecular flexibility index (Phi) is 12.6. The number of para-hydroxylation sites is 1. The van der Waals surface area contributed by atoms with E-state index in [0.717, 1.165) is 17.7 Å². The Balaban J connectivity index is 0.780. The predicted octanol–water partition coefficient (Wildman–Crippen LogP) is 8.30. The zero-order valence-electron chi connectivity index (χ0n) is 33.3. The van der Waals surface area contributed by atoms with Crippen molar-refractivity contribution in [1.82, 2.24) is 15.0 Å². The lowest BCUT2D eigenvalue weighted by Gasteiger charge is -2.13. The van der Waals surface area contributed by atoms with E-state index in [1.165, 1.54) is 13.2 Å². The Bertz CT molecular complexity index is 2890. The van der Waals surface area contributed by atoms with Crippen LogP contribution in [0.4, 0.5) is 0 Å². The molecule has 0 saturated heterocycles. The minimum absolute atomic E-state index is 0.0324. The lowest BCUT2D eigenvalue weighted by Crippen LogP contribution is -2.12. The van der Waals surface area contributed by atoms with Crippen LogP contribution in [0.15, 0.2) is 152 Å². The van der Waals surface area contributed by atoms with Crippen molar-refractivity contribution < 1.29 is 37.3 Å². The quantitative estimate of drug-likeness (QED) is 0.0604. The molecule has 3 aromatic heterocycles. The second-order valence-electron chi connectivity index (χ2n) is 14.0. The van der Waals surface area contributed by atoms with Crippen LogP contribution in [0, 0.1) is 0 Å². The Morgan fingerprint density at radius 3 is 2.34 bits per heavy atom. The van der Waals surface area contributed by atoms with E-state index in [1.807, 2.05) is 36.5 Å². The maximum Gasteiger partial charge on any atom is 0.337 e. The predicted molar refractivity (Wildman–Crippen MR) is 228 cm³/mol. The van der Waals surface area contributed by atoms with Crippen molar-refractivity contribution in [3.63, 3.8) is 0 Å². The number of rotatable bonds is 18. The van der Waals surface area contributed by atoms with Crippen LogP contribution >= 0.6 is 0 Å². The van der Waals surface area contributed by atoms with Gasteiger partial charge in [-0.25, -0.2) is 9.48 Å². The second-order valence-corrected chi connectivity index (χ2v) is 14.0. The highest BCUT2D eigenvalue weighted by atomic mass is 16.5. The highest BCUT2D eigenvalue weighted by Gasteiger charge is 2.19. The summed E-state index contributed by atoms with van der Waals surface area (Å²) in [4.78, 5) is 38.3. The van der Waals surface area contributed by atoms with Crippen LogP contribution in [-0.4, -0.2) is 54.5 Å². The monoisotopic (exact) mass is 819 g/mol. The molecule has 0 radical (unpaired) electrons. The lowest BCUT2D eigenvalue weighted by atomic mass is 10.1. The number of ether oxygens (including phenoxy) is 5. The zero-order valence-corrected chi connectivity index (χ0v) is 33.3. The van der Waals surface area contributed by atoms with Crippen LogP contribution in [0.2, 0.25) is 0 Å². The van der Waals surface area contributed by atoms with Crippen LogP contribution in [0.5, 0.6) is 17.2 Å². The number of esters is 1. The van der Waals surface area contributed by atoms with Gasteiger partial charge in [-0.2, -0.15) is 0 Å². The standard InChI is InChI=1S/C48H41N3O10/c1-55-48(54)35-12-7-9-32(27-35)31-59-47-45(53)40-14-5-6-15-42(40)61-46(47)34-16-18-37(19-17-34)58-26-25-56-24-22-51-30-36(49-50-51)13-8-23-57-38-20-21-39-41(52)29-43(60-44(39)28-38)33-10-3-2-4-11-33/h2-7,9-12,14-21,27-30H,8,13,22-26,31H2,1H3. The van der Waals surface area contributed by atoms with Gasteiger partial charge in [0.2, 0.25) is 11.2 Å². The largest absolute Gasteiger partial charge is 0.493 e. The summed E-state index contributed by atoms with van der Waals surface area (Å²) in [5.74, 6) is 1.63. The third-order valence-corrected chi connectivity index (χ3v) is 9.76. The fourth-order valence-corrected chi connectivity index (χ4v) is 6.66. The summed E-state index contributed by atoms with van der Waals surface area (Å²) in [6, 6.07) is 37.3. The zero-order chi connectivity index (χ0) is 42.0. The summed E-state index contributed by atoms with van der Waals surface area (Å²) in [7, 11) is 1.32. The molecule has 0 aliphatic carbocycles. The molecule has 0 bridgehead atoms. The van der Waals surface area contributed by atoms with E-state index < -0.39 is 5.97 Å². The van der Waals surface area contributed by atoms with Crippen LogP contribution < -0.4 is 25.1 Å². The number of benzene rings is 5. The summed E-state index contributed by atoms with van der Waals surface area (Å²) in [6.07, 6.45) is 3.30. The molecule has 0 N–H and O–H groups in total. The molecule has 0 aliphatic heterocycles. The number of carbonyl (C=O) groups is 1. The average Bonchev–Trinajstić information content (AvgIpc) is 3.76. The molecule has 0 fully saturated rings. The summed E-state index contributed by atoms with van der Waals surface area (Å²) < 4.78 is 42.6. The van der Waals surface area contributed by atoms with Crippen molar-refractivity contribution in [3.05, 3.63) is 171 Å². The molecule has 61 heavy (non-hydrogen) atoms. The van der Waals surface area contributed by atoms with Gasteiger partial charge in [-0.05, 0) is 79.1 Å². The van der Waals surface area contributed by atoms with Crippen molar-refractivity contribution in [3.8, 4) is 39.9 Å². The smallest absolute Gasteiger partial charge is 0.337 e. The van der Waals surface area contributed by atoms with E-state index in [2.05, 4.69) is 10.3 Å². The fourth-order valence-electron chi connectivity index (χ4n) is 6.66. The maximum absolute atomic E-state index is 13.6. The SMILES string of the molecule is COC(=O)c1cccc(COc2c(-c3ccc(OCCOCCn4cc(CCCOc5ccc6c(=O)cc(-c7ccccc7)oc6c5)nn4)cc3)oc3ccccc3c2=O)c1. The molecule has 13 heteroatoms. The maximum atomic E-state index is 13.6. The number of fused-ring (bicyclic) bond motifs is 2. The number of nitrogens with zero attached hydrogens (tertiary/aromatic N) is 3. The Hall–Kier alpha value is -7.51. The van der Waals surface area contributed by atoms with Crippen molar-refractivity contribution in [2.24, 2.45) is 0 Å². The average molecular weight is 820 g/mol. The van der Waals surface area contributed by atoms with Gasteiger partial charge in [0, 0.05) is 29.5 Å². The van der Waals surface area contributed by atoms with E-state index in [1.54, 1.807) is 95.7 Å². The van der Waals surface area contributed by atoms with Crippen molar-refractivity contribution in [2.45, 2.75) is 26.0 Å². The van der Waals surface area contributed by atoms with Gasteiger partial charge in [0.05, 0.1) is 55.5 Å². The van der Waals surface area contributed by atoms with Gasteiger partial charge in [0.1, 0.15) is 41.6 Å². The van der Waals surface area contributed by atoms with Crippen molar-refractivity contribution >= 4 is 27.9 Å².